The molecular weight excluding hydrogens is 718 g/mol. The molecule has 0 saturated carbocycles. The minimum atomic E-state index is -0.542. The van der Waals surface area contributed by atoms with Crippen molar-refractivity contribution < 1.29 is 37.4 Å². The van der Waals surface area contributed by atoms with Crippen LogP contribution < -0.4 is 0 Å². The fourth-order valence-corrected chi connectivity index (χ4v) is 14.7. The number of nitrogens with zero attached hydrogens (tertiary/aromatic N) is 4. The van der Waals surface area contributed by atoms with Crippen LogP contribution in [0.5, 0.6) is 0 Å². The largest absolute Gasteiger partial charge is 3.00 e. The van der Waals surface area contributed by atoms with Crippen LogP contribution in [0.3, 0.4) is 0 Å². The minimum absolute atomic E-state index is 0. The van der Waals surface area contributed by atoms with Crippen LogP contribution in [0.15, 0.2) is 41.4 Å². The average Bonchev–Trinajstić information content (AvgIpc) is 3.52. The Labute approximate surface area is 324 Å². The van der Waals surface area contributed by atoms with E-state index in [0.717, 1.165) is 24.6 Å². The van der Waals surface area contributed by atoms with Crippen molar-refractivity contribution in [1.29, 1.82) is 0 Å². The third kappa shape index (κ3) is 22.2. The van der Waals surface area contributed by atoms with Crippen molar-refractivity contribution >= 4 is 53.5 Å². The normalized spacial score (nSPS) is 12.9. The summed E-state index contributed by atoms with van der Waals surface area (Å²) >= 11 is 0. The van der Waals surface area contributed by atoms with E-state index in [4.69, 9.17) is 15.0 Å². The summed E-state index contributed by atoms with van der Waals surface area (Å²) < 4.78 is 14.1. The van der Waals surface area contributed by atoms with Crippen LogP contribution in [0.2, 0.25) is 52.4 Å². The molecule has 5 nitrogen and oxygen atoms in total. The molecule has 47 heavy (non-hydrogen) atoms. The Morgan fingerprint density at radius 1 is 0.574 bits per heavy atom. The van der Waals surface area contributed by atoms with E-state index in [0.29, 0.717) is 23.7 Å². The fourth-order valence-electron chi connectivity index (χ4n) is 5.17. The third-order valence-corrected chi connectivity index (χ3v) is 16.6. The predicted molar refractivity (Wildman–Crippen MR) is 223 cm³/mol. The number of hydrogen-bond acceptors (Lipinski definition) is 2. The Morgan fingerprint density at radius 3 is 1.13 bits per heavy atom. The smallest absolute Gasteiger partial charge is 0.672 e. The van der Waals surface area contributed by atoms with E-state index in [1.54, 1.807) is 6.34 Å². The number of benzene rings is 2. The molecule has 264 valence electrons. The second-order valence-corrected chi connectivity index (χ2v) is 25.7. The molecular formula is C37H71N4OSi4Y. The van der Waals surface area contributed by atoms with Gasteiger partial charge in [0.2, 0.25) is 0 Å². The molecule has 2 aromatic carbocycles. The Hall–Kier alpha value is -0.239. The maximum absolute atomic E-state index is 4.94. The summed E-state index contributed by atoms with van der Waals surface area (Å²) in [4.78, 5) is 4.85. The second-order valence-electron chi connectivity index (χ2n) is 14.6. The molecule has 1 saturated heterocycles. The molecule has 10 heteroatoms. The van der Waals surface area contributed by atoms with Crippen LogP contribution in [0.1, 0.15) is 114 Å². The molecule has 0 radical (unpaired) electrons. The van der Waals surface area contributed by atoms with Crippen molar-refractivity contribution in [1.82, 2.24) is 0 Å². The summed E-state index contributed by atoms with van der Waals surface area (Å²) in [6.07, 6.45) is 4.32. The average molecular weight is 789 g/mol. The first-order valence-electron chi connectivity index (χ1n) is 18.0. The molecule has 1 fully saturated rings. The van der Waals surface area contributed by atoms with Gasteiger partial charge in [-0.2, -0.15) is 0 Å². The Kier molecular flexibility index (Phi) is 28.6. The number of rotatable bonds is 11. The van der Waals surface area contributed by atoms with Gasteiger partial charge in [0.25, 0.3) is 0 Å². The van der Waals surface area contributed by atoms with E-state index in [1.165, 1.54) is 35.1 Å². The molecule has 0 aromatic heterocycles. The molecule has 0 N–H and O–H groups in total. The molecule has 0 spiro atoms. The number of para-hydroxylation sites is 2. The Morgan fingerprint density at radius 2 is 0.894 bits per heavy atom. The van der Waals surface area contributed by atoms with Gasteiger partial charge in [0.15, 0.2) is 0 Å². The third-order valence-electron chi connectivity index (χ3n) is 7.08. The van der Waals surface area contributed by atoms with Gasteiger partial charge < -0.3 is 24.3 Å². The van der Waals surface area contributed by atoms with Crippen LogP contribution in [0, 0.1) is 0 Å². The predicted octanol–water partition coefficient (Wildman–Crippen LogP) is 12.0. The van der Waals surface area contributed by atoms with Gasteiger partial charge in [0, 0.05) is 13.2 Å². The molecule has 1 aliphatic heterocycles. The summed E-state index contributed by atoms with van der Waals surface area (Å²) in [5.74, 6) is 1.74. The molecule has 1 aliphatic rings. The molecule has 0 amide bonds. The van der Waals surface area contributed by atoms with Gasteiger partial charge in [0.05, 0.1) is 0 Å². The van der Waals surface area contributed by atoms with Crippen molar-refractivity contribution in [3.63, 3.8) is 0 Å². The molecule has 3 rings (SSSR count). The standard InChI is InChI=1S/C25H35N2.2C4H14NSi2.C4H8O.Y/c1-16(2)20-11-9-12-21(17(3)4)24(20)26-15-27-25-22(18(5)6)13-10-14-23(25)19(7)8;2*1-6(2)5-7(3)4;1-2-4-5-3-1;/h9-19H,1-8H3;2*6-7H,1-4H3;1-4H2;/q3*-1;;+3. The Bertz CT molecular complexity index is 1020. The summed E-state index contributed by atoms with van der Waals surface area (Å²) in [5, 5.41) is 4.85. The minimum Gasteiger partial charge on any atom is -0.672 e. The maximum atomic E-state index is 4.94. The van der Waals surface area contributed by atoms with Crippen molar-refractivity contribution in [2.24, 2.45) is 4.99 Å². The SMILES string of the molecule is C1CCOC1.CC(C)c1cccc(C(C)C)c1N=C[N-]c1c(C(C)C)cccc1C(C)C.C[SiH](C)[N-][SiH](C)C.C[SiH](C)[N-][SiH](C)C.[Y+3]. The zero-order chi connectivity index (χ0) is 35.4. The topological polar surface area (TPSA) is 63.9 Å². The summed E-state index contributed by atoms with van der Waals surface area (Å²) in [7, 11) is -2.17. The number of ether oxygens (including phenoxy) is 1. The first kappa shape index (κ1) is 48.9. The van der Waals surface area contributed by atoms with Gasteiger partial charge in [0.1, 0.15) is 0 Å². The second kappa shape index (κ2) is 27.5. The zero-order valence-electron chi connectivity index (χ0n) is 33.3. The molecule has 0 atom stereocenters. The summed E-state index contributed by atoms with van der Waals surface area (Å²) in [5.41, 5.74) is 7.31. The van der Waals surface area contributed by atoms with E-state index < -0.39 is 35.8 Å². The van der Waals surface area contributed by atoms with Gasteiger partial charge in [-0.3, -0.25) is 0 Å². The Balaban J connectivity index is 0. The van der Waals surface area contributed by atoms with Gasteiger partial charge in [-0.05, 0) is 70.1 Å². The van der Waals surface area contributed by atoms with Crippen LogP contribution >= 0.6 is 0 Å². The van der Waals surface area contributed by atoms with Gasteiger partial charge in [-0.15, -0.1) is 0 Å². The van der Waals surface area contributed by atoms with Crippen LogP contribution in [0.4, 0.5) is 11.4 Å². The van der Waals surface area contributed by atoms with E-state index in [-0.39, 0.29) is 32.7 Å². The molecule has 0 aliphatic carbocycles. The maximum Gasteiger partial charge on any atom is 3.00 e. The monoisotopic (exact) mass is 788 g/mol. The van der Waals surface area contributed by atoms with Crippen molar-refractivity contribution in [3.05, 3.63) is 73.3 Å². The first-order chi connectivity index (χ1) is 21.5. The summed E-state index contributed by atoms with van der Waals surface area (Å²) in [6.45, 7) is 37.9. The van der Waals surface area contributed by atoms with Crippen LogP contribution in [-0.4, -0.2) is 55.4 Å². The summed E-state index contributed by atoms with van der Waals surface area (Å²) in [6, 6.07) is 13.0. The van der Waals surface area contributed by atoms with Crippen LogP contribution in [0.25, 0.3) is 14.6 Å². The van der Waals surface area contributed by atoms with Gasteiger partial charge >= 0.3 is 32.7 Å². The van der Waals surface area contributed by atoms with E-state index in [9.17, 15) is 0 Å². The van der Waals surface area contributed by atoms with E-state index >= 15 is 0 Å². The quantitative estimate of drug-likeness (QED) is 0.127. The van der Waals surface area contributed by atoms with E-state index in [1.807, 2.05) is 0 Å². The van der Waals surface area contributed by atoms with Crippen molar-refractivity contribution in [2.75, 3.05) is 13.2 Å². The number of hydrogen-bond donors (Lipinski definition) is 0. The van der Waals surface area contributed by atoms with E-state index in [2.05, 4.69) is 153 Å². The van der Waals surface area contributed by atoms with Gasteiger partial charge in [-0.25, -0.2) is 0 Å². The van der Waals surface area contributed by atoms with Gasteiger partial charge in [-0.1, -0.05) is 186 Å². The first-order valence-corrected chi connectivity index (χ1v) is 29.3. The number of aliphatic imine (C=N–C) groups is 1. The van der Waals surface area contributed by atoms with Crippen molar-refractivity contribution in [3.8, 4) is 0 Å². The molecule has 0 bridgehead atoms. The zero-order valence-corrected chi connectivity index (χ0v) is 40.7. The van der Waals surface area contributed by atoms with Crippen molar-refractivity contribution in [2.45, 2.75) is 144 Å². The van der Waals surface area contributed by atoms with Crippen LogP contribution in [-0.2, 0) is 37.4 Å². The molecule has 2 aromatic rings. The molecule has 1 heterocycles. The fraction of sp³-hybridized carbons (Fsp3) is 0.649. The molecule has 0 unspecified atom stereocenters.